The third kappa shape index (κ3) is 3.03. The molecular formula is C17H13FN2O2. The van der Waals surface area contributed by atoms with Crippen molar-refractivity contribution in [2.75, 3.05) is 4.90 Å². The van der Waals surface area contributed by atoms with Crippen LogP contribution in [0.15, 0.2) is 71.5 Å². The molecule has 3 rings (SSSR count). The van der Waals surface area contributed by atoms with Crippen molar-refractivity contribution in [1.82, 2.24) is 4.98 Å². The molecule has 0 radical (unpaired) electrons. The average Bonchev–Trinajstić information content (AvgIpc) is 3.07. The number of amides is 1. The van der Waals surface area contributed by atoms with Crippen LogP contribution in [0.4, 0.5) is 10.2 Å². The molecule has 1 aromatic carbocycles. The fourth-order valence-corrected chi connectivity index (χ4v) is 2.08. The number of pyridine rings is 1. The number of carbonyl (C=O) groups is 1. The molecule has 0 unspecified atom stereocenters. The summed E-state index contributed by atoms with van der Waals surface area (Å²) in [6.45, 7) is 0.250. The zero-order chi connectivity index (χ0) is 15.4. The summed E-state index contributed by atoms with van der Waals surface area (Å²) >= 11 is 0. The van der Waals surface area contributed by atoms with Gasteiger partial charge in [0.25, 0.3) is 5.91 Å². The van der Waals surface area contributed by atoms with Crippen molar-refractivity contribution < 1.29 is 13.6 Å². The minimum atomic E-state index is -0.382. The minimum absolute atomic E-state index is 0.250. The van der Waals surface area contributed by atoms with Crippen LogP contribution in [-0.4, -0.2) is 10.9 Å². The Kier molecular flexibility index (Phi) is 3.96. The summed E-state index contributed by atoms with van der Waals surface area (Å²) in [5.41, 5.74) is 0.388. The van der Waals surface area contributed by atoms with Crippen LogP contribution in [0, 0.1) is 5.82 Å². The molecule has 0 aliphatic carbocycles. The molecule has 0 bridgehead atoms. The normalized spacial score (nSPS) is 10.4. The third-order valence-electron chi connectivity index (χ3n) is 3.16. The highest BCUT2D eigenvalue weighted by Gasteiger charge is 2.20. The van der Waals surface area contributed by atoms with Gasteiger partial charge in [0, 0.05) is 11.8 Å². The molecule has 0 spiro atoms. The van der Waals surface area contributed by atoms with Crippen LogP contribution < -0.4 is 4.90 Å². The summed E-state index contributed by atoms with van der Waals surface area (Å²) < 4.78 is 18.3. The van der Waals surface area contributed by atoms with Gasteiger partial charge in [0.2, 0.25) is 0 Å². The van der Waals surface area contributed by atoms with E-state index in [2.05, 4.69) is 4.98 Å². The Hall–Kier alpha value is -2.95. The van der Waals surface area contributed by atoms with Gasteiger partial charge >= 0.3 is 0 Å². The van der Waals surface area contributed by atoms with E-state index in [1.807, 2.05) is 0 Å². The highest BCUT2D eigenvalue weighted by Crippen LogP contribution is 2.18. The van der Waals surface area contributed by atoms with E-state index in [-0.39, 0.29) is 18.3 Å². The van der Waals surface area contributed by atoms with Gasteiger partial charge in [0.05, 0.1) is 12.8 Å². The van der Waals surface area contributed by atoms with Crippen molar-refractivity contribution in [2.45, 2.75) is 6.54 Å². The molecule has 0 aliphatic rings. The predicted octanol–water partition coefficient (Wildman–Crippen LogP) is 3.66. The molecule has 0 N–H and O–H groups in total. The number of rotatable bonds is 4. The van der Waals surface area contributed by atoms with E-state index in [9.17, 15) is 9.18 Å². The van der Waals surface area contributed by atoms with E-state index < -0.39 is 0 Å². The molecular weight excluding hydrogens is 283 g/mol. The fourth-order valence-electron chi connectivity index (χ4n) is 2.08. The standard InChI is InChI=1S/C17H13FN2O2/c18-14-8-6-13(7-9-14)17(21)20(12-15-4-3-11-22-15)16-5-1-2-10-19-16/h1-11H,12H2. The van der Waals surface area contributed by atoms with Gasteiger partial charge in [-0.3, -0.25) is 9.69 Å². The first kappa shape index (κ1) is 14.0. The lowest BCUT2D eigenvalue weighted by atomic mass is 10.2. The molecule has 2 aromatic heterocycles. The molecule has 4 nitrogen and oxygen atoms in total. The number of hydrogen-bond acceptors (Lipinski definition) is 3. The molecule has 0 saturated carbocycles. The van der Waals surface area contributed by atoms with Crippen molar-refractivity contribution in [2.24, 2.45) is 0 Å². The smallest absolute Gasteiger partial charge is 0.259 e. The van der Waals surface area contributed by atoms with Crippen LogP contribution in [0.25, 0.3) is 0 Å². The molecule has 0 saturated heterocycles. The minimum Gasteiger partial charge on any atom is -0.467 e. The molecule has 22 heavy (non-hydrogen) atoms. The van der Waals surface area contributed by atoms with Gasteiger partial charge in [-0.2, -0.15) is 0 Å². The number of benzene rings is 1. The maximum Gasteiger partial charge on any atom is 0.259 e. The number of halogens is 1. The Labute approximate surface area is 126 Å². The Morgan fingerprint density at radius 3 is 2.55 bits per heavy atom. The zero-order valence-corrected chi connectivity index (χ0v) is 11.6. The first-order valence-electron chi connectivity index (χ1n) is 6.75. The van der Waals surface area contributed by atoms with Crippen molar-refractivity contribution in [1.29, 1.82) is 0 Å². The van der Waals surface area contributed by atoms with Gasteiger partial charge in [0.1, 0.15) is 17.4 Å². The van der Waals surface area contributed by atoms with Crippen molar-refractivity contribution >= 4 is 11.7 Å². The molecule has 5 heteroatoms. The van der Waals surface area contributed by atoms with Crippen LogP contribution in [0.3, 0.4) is 0 Å². The van der Waals surface area contributed by atoms with E-state index >= 15 is 0 Å². The maximum absolute atomic E-state index is 13.0. The lowest BCUT2D eigenvalue weighted by molar-refractivity contribution is 0.0982. The van der Waals surface area contributed by atoms with E-state index in [1.165, 1.54) is 29.2 Å². The SMILES string of the molecule is O=C(c1ccc(F)cc1)N(Cc1ccco1)c1ccccn1. The molecule has 0 atom stereocenters. The van der Waals surface area contributed by atoms with E-state index in [0.717, 1.165) is 0 Å². The first-order valence-corrected chi connectivity index (χ1v) is 6.75. The van der Waals surface area contributed by atoms with Gasteiger partial charge in [-0.1, -0.05) is 6.07 Å². The first-order chi connectivity index (χ1) is 10.7. The van der Waals surface area contributed by atoms with E-state index in [1.54, 1.807) is 42.8 Å². The van der Waals surface area contributed by atoms with Gasteiger partial charge in [-0.15, -0.1) is 0 Å². The maximum atomic E-state index is 13.0. The molecule has 110 valence electrons. The Bertz CT molecular complexity index is 740. The second-order valence-corrected chi connectivity index (χ2v) is 4.67. The number of hydrogen-bond donors (Lipinski definition) is 0. The average molecular weight is 296 g/mol. The van der Waals surface area contributed by atoms with Crippen molar-refractivity contribution in [3.8, 4) is 0 Å². The molecule has 3 aromatic rings. The Morgan fingerprint density at radius 1 is 1.09 bits per heavy atom. The van der Waals surface area contributed by atoms with Gasteiger partial charge < -0.3 is 4.42 Å². The summed E-state index contributed by atoms with van der Waals surface area (Å²) in [7, 11) is 0. The molecule has 1 amide bonds. The van der Waals surface area contributed by atoms with Gasteiger partial charge in [-0.25, -0.2) is 9.37 Å². The summed E-state index contributed by atoms with van der Waals surface area (Å²) in [6.07, 6.45) is 3.16. The van der Waals surface area contributed by atoms with Gasteiger partial charge in [0.15, 0.2) is 0 Å². The lowest BCUT2D eigenvalue weighted by Gasteiger charge is -2.20. The van der Waals surface area contributed by atoms with Crippen LogP contribution in [0.5, 0.6) is 0 Å². The molecule has 0 fully saturated rings. The lowest BCUT2D eigenvalue weighted by Crippen LogP contribution is -2.31. The van der Waals surface area contributed by atoms with E-state index in [0.29, 0.717) is 17.1 Å². The predicted molar refractivity (Wildman–Crippen MR) is 79.9 cm³/mol. The van der Waals surface area contributed by atoms with Crippen LogP contribution in [0.2, 0.25) is 0 Å². The number of carbonyl (C=O) groups excluding carboxylic acids is 1. The summed E-state index contributed by atoms with van der Waals surface area (Å²) in [5, 5.41) is 0. The largest absolute Gasteiger partial charge is 0.467 e. The second-order valence-electron chi connectivity index (χ2n) is 4.67. The monoisotopic (exact) mass is 296 g/mol. The topological polar surface area (TPSA) is 46.3 Å². The number of anilines is 1. The summed E-state index contributed by atoms with van der Waals surface area (Å²) in [5.74, 6) is 0.497. The number of furan rings is 1. The summed E-state index contributed by atoms with van der Waals surface area (Å²) in [6, 6.07) is 14.3. The second kappa shape index (κ2) is 6.22. The van der Waals surface area contributed by atoms with Crippen molar-refractivity contribution in [3.05, 3.63) is 84.2 Å². The fraction of sp³-hybridized carbons (Fsp3) is 0.0588. The number of nitrogens with zero attached hydrogens (tertiary/aromatic N) is 2. The van der Waals surface area contributed by atoms with Crippen molar-refractivity contribution in [3.63, 3.8) is 0 Å². The van der Waals surface area contributed by atoms with E-state index in [4.69, 9.17) is 4.42 Å². The van der Waals surface area contributed by atoms with Crippen LogP contribution >= 0.6 is 0 Å². The van der Waals surface area contributed by atoms with Crippen LogP contribution in [0.1, 0.15) is 16.1 Å². The number of aromatic nitrogens is 1. The third-order valence-corrected chi connectivity index (χ3v) is 3.16. The Balaban J connectivity index is 1.94. The zero-order valence-electron chi connectivity index (χ0n) is 11.6. The quantitative estimate of drug-likeness (QED) is 0.738. The highest BCUT2D eigenvalue weighted by atomic mass is 19.1. The molecule has 0 aliphatic heterocycles. The highest BCUT2D eigenvalue weighted by molar-refractivity contribution is 6.05. The van der Waals surface area contributed by atoms with Crippen LogP contribution in [-0.2, 0) is 6.54 Å². The van der Waals surface area contributed by atoms with Gasteiger partial charge in [-0.05, 0) is 48.5 Å². The molecule has 2 heterocycles. The Morgan fingerprint density at radius 2 is 1.91 bits per heavy atom. The summed E-state index contributed by atoms with van der Waals surface area (Å²) in [4.78, 5) is 18.4.